The molecular weight excluding hydrogens is 969 g/mol. The Morgan fingerprint density at radius 1 is 0.320 bits per heavy atom. The molecule has 4 aromatic rings. The molecule has 0 aliphatic rings. The highest BCUT2D eigenvalue weighted by molar-refractivity contribution is 5.97. The number of benzene rings is 4. The summed E-state index contributed by atoms with van der Waals surface area (Å²) in [6.07, 6.45) is 13.4. The van der Waals surface area contributed by atoms with Gasteiger partial charge in [-0.3, -0.25) is 0 Å². The van der Waals surface area contributed by atoms with Gasteiger partial charge in [0.05, 0.1) is 69.5 Å². The van der Waals surface area contributed by atoms with Gasteiger partial charge in [0, 0.05) is 24.6 Å². The highest BCUT2D eigenvalue weighted by atomic mass is 16.6. The Labute approximate surface area is 437 Å². The molecule has 0 N–H and O–H groups in total. The lowest BCUT2D eigenvalue weighted by Crippen LogP contribution is -2.15. The largest absolute Gasteiger partial charge is 0.494 e. The van der Waals surface area contributed by atoms with Gasteiger partial charge in [-0.25, -0.2) is 33.6 Å². The van der Waals surface area contributed by atoms with E-state index in [2.05, 4.69) is 19.7 Å². The van der Waals surface area contributed by atoms with E-state index in [1.165, 1.54) is 30.3 Å². The van der Waals surface area contributed by atoms with E-state index in [1.54, 1.807) is 60.7 Å². The van der Waals surface area contributed by atoms with Crippen molar-refractivity contribution in [3.05, 3.63) is 151 Å². The minimum atomic E-state index is -0.897. The number of rotatable bonds is 37. The first-order valence-corrected chi connectivity index (χ1v) is 25.0. The van der Waals surface area contributed by atoms with E-state index < -0.39 is 41.8 Å². The van der Waals surface area contributed by atoms with Crippen LogP contribution < -0.4 is 23.7 Å². The second-order valence-electron chi connectivity index (χ2n) is 16.5. The van der Waals surface area contributed by atoms with Crippen LogP contribution in [0.1, 0.15) is 125 Å². The van der Waals surface area contributed by atoms with Crippen LogP contribution in [0, 0.1) is 0 Å². The molecular formula is C58H66O17. The zero-order valence-corrected chi connectivity index (χ0v) is 42.3. The van der Waals surface area contributed by atoms with Gasteiger partial charge in [-0.15, -0.1) is 0 Å². The summed E-state index contributed by atoms with van der Waals surface area (Å²) in [7, 11) is 0. The number of ether oxygens (including phenoxy) is 10. The van der Waals surface area contributed by atoms with Crippen molar-refractivity contribution >= 4 is 41.8 Å². The van der Waals surface area contributed by atoms with E-state index in [0.717, 1.165) is 95.3 Å². The van der Waals surface area contributed by atoms with Gasteiger partial charge in [0.1, 0.15) is 34.3 Å². The zero-order chi connectivity index (χ0) is 53.9. The fourth-order valence-electron chi connectivity index (χ4n) is 6.70. The lowest BCUT2D eigenvalue weighted by atomic mass is 10.1. The highest BCUT2D eigenvalue weighted by Crippen LogP contribution is 2.28. The summed E-state index contributed by atoms with van der Waals surface area (Å²) in [5.41, 5.74) is 0.466. The first kappa shape index (κ1) is 59.4. The standard InChI is InChI=1S/C58H66O17/c1-4-52(59)69-37-16-10-7-13-34-66-46-26-20-43(21-27-46)55(62)72-40-19-41-73-58(65)50-42-49(74-56(63)44-22-28-47(29-23-44)67-35-14-8-11-17-38-70-53(60)5-2)32-33-51(50)75-57(64)45-24-30-48(31-25-45)68-36-15-9-12-18-39-71-54(61)6-3/h4-6,20-33,42H,1-3,7-19,34-41H2. The molecule has 17 nitrogen and oxygen atoms in total. The normalized spacial score (nSPS) is 10.5. The molecule has 0 aromatic heterocycles. The summed E-state index contributed by atoms with van der Waals surface area (Å²) in [6, 6.07) is 23.1. The van der Waals surface area contributed by atoms with E-state index in [4.69, 9.17) is 47.4 Å². The third-order valence-corrected chi connectivity index (χ3v) is 10.8. The van der Waals surface area contributed by atoms with Crippen LogP contribution in [0.5, 0.6) is 28.7 Å². The molecule has 0 saturated carbocycles. The molecule has 400 valence electrons. The maximum Gasteiger partial charge on any atom is 0.343 e. The molecule has 0 heterocycles. The fraction of sp³-hybridized carbons (Fsp3) is 0.362. The van der Waals surface area contributed by atoms with Crippen LogP contribution in [0.15, 0.2) is 129 Å². The van der Waals surface area contributed by atoms with E-state index in [0.29, 0.717) is 62.5 Å². The van der Waals surface area contributed by atoms with Crippen LogP contribution in [-0.2, 0) is 38.1 Å². The molecule has 0 unspecified atom stereocenters. The predicted molar refractivity (Wildman–Crippen MR) is 276 cm³/mol. The third-order valence-electron chi connectivity index (χ3n) is 10.8. The van der Waals surface area contributed by atoms with E-state index in [9.17, 15) is 33.6 Å². The fourth-order valence-corrected chi connectivity index (χ4v) is 6.70. The van der Waals surface area contributed by atoms with Gasteiger partial charge in [-0.2, -0.15) is 0 Å². The molecule has 0 saturated heterocycles. The number of unbranched alkanes of at least 4 members (excludes halogenated alkanes) is 9. The molecule has 0 aliphatic carbocycles. The first-order chi connectivity index (χ1) is 36.5. The molecule has 0 bridgehead atoms. The minimum absolute atomic E-state index is 0.0324. The number of hydrogen-bond donors (Lipinski definition) is 0. The molecule has 4 rings (SSSR count). The van der Waals surface area contributed by atoms with E-state index >= 15 is 0 Å². The summed E-state index contributed by atoms with van der Waals surface area (Å²) in [6.45, 7) is 12.2. The Morgan fingerprint density at radius 3 is 1.03 bits per heavy atom. The van der Waals surface area contributed by atoms with E-state index in [-0.39, 0.29) is 47.8 Å². The van der Waals surface area contributed by atoms with Crippen LogP contribution in [-0.4, -0.2) is 94.6 Å². The summed E-state index contributed by atoms with van der Waals surface area (Å²) >= 11 is 0. The third kappa shape index (κ3) is 23.9. The molecule has 17 heteroatoms. The zero-order valence-electron chi connectivity index (χ0n) is 42.3. The molecule has 0 aliphatic heterocycles. The molecule has 4 aromatic carbocycles. The Balaban J connectivity index is 1.29. The maximum absolute atomic E-state index is 13.6. The number of hydrogen-bond acceptors (Lipinski definition) is 17. The molecule has 0 atom stereocenters. The molecule has 0 fully saturated rings. The van der Waals surface area contributed by atoms with E-state index in [1.807, 2.05) is 0 Å². The van der Waals surface area contributed by atoms with Gasteiger partial charge in [0.25, 0.3) is 0 Å². The van der Waals surface area contributed by atoms with Crippen LogP contribution >= 0.6 is 0 Å². The Kier molecular flexibility index (Phi) is 27.7. The van der Waals surface area contributed by atoms with Crippen molar-refractivity contribution in [2.24, 2.45) is 0 Å². The summed E-state index contributed by atoms with van der Waals surface area (Å²) in [4.78, 5) is 86.4. The quantitative estimate of drug-likeness (QED) is 0.0135. The number of esters is 7. The molecule has 0 radical (unpaired) electrons. The van der Waals surface area contributed by atoms with Gasteiger partial charge < -0.3 is 47.4 Å². The lowest BCUT2D eigenvalue weighted by Gasteiger charge is -2.13. The van der Waals surface area contributed by atoms with Gasteiger partial charge >= 0.3 is 41.8 Å². The second kappa shape index (κ2) is 35.0. The van der Waals surface area contributed by atoms with Crippen molar-refractivity contribution < 1.29 is 80.9 Å². The van der Waals surface area contributed by atoms with Gasteiger partial charge in [0.2, 0.25) is 0 Å². The van der Waals surface area contributed by atoms with Crippen LogP contribution in [0.4, 0.5) is 0 Å². The predicted octanol–water partition coefficient (Wildman–Crippen LogP) is 10.5. The number of carbonyl (C=O) groups is 7. The van der Waals surface area contributed by atoms with Crippen molar-refractivity contribution in [3.8, 4) is 28.7 Å². The first-order valence-electron chi connectivity index (χ1n) is 25.0. The SMILES string of the molecule is C=CC(=O)OCCCCCCOc1ccc(C(=O)OCCCOC(=O)c2cc(OC(=O)c3ccc(OCCCCCCOC(=O)C=C)cc3)ccc2OC(=O)c2ccc(OCCCCCCOC(=O)C=C)cc2)cc1. The van der Waals surface area contributed by atoms with Gasteiger partial charge in [-0.05, 0) is 168 Å². The number of carbonyl (C=O) groups excluding carboxylic acids is 7. The lowest BCUT2D eigenvalue weighted by molar-refractivity contribution is -0.138. The Morgan fingerprint density at radius 2 is 0.640 bits per heavy atom. The average molecular weight is 1040 g/mol. The van der Waals surface area contributed by atoms with Crippen molar-refractivity contribution in [2.75, 3.05) is 52.9 Å². The van der Waals surface area contributed by atoms with Crippen molar-refractivity contribution in [3.63, 3.8) is 0 Å². The van der Waals surface area contributed by atoms with Crippen molar-refractivity contribution in [1.29, 1.82) is 0 Å². The maximum atomic E-state index is 13.6. The average Bonchev–Trinajstić information content (AvgIpc) is 3.43. The monoisotopic (exact) mass is 1030 g/mol. The smallest absolute Gasteiger partial charge is 0.343 e. The summed E-state index contributed by atoms with van der Waals surface area (Å²) in [5.74, 6) is -2.82. The Hall–Kier alpha value is -8.21. The Bertz CT molecular complexity index is 2460. The summed E-state index contributed by atoms with van der Waals surface area (Å²) in [5, 5.41) is 0. The van der Waals surface area contributed by atoms with Crippen LogP contribution in [0.25, 0.3) is 0 Å². The van der Waals surface area contributed by atoms with Crippen LogP contribution in [0.2, 0.25) is 0 Å². The topological polar surface area (TPSA) is 212 Å². The van der Waals surface area contributed by atoms with Gasteiger partial charge in [-0.1, -0.05) is 19.7 Å². The molecule has 75 heavy (non-hydrogen) atoms. The second-order valence-corrected chi connectivity index (χ2v) is 16.5. The minimum Gasteiger partial charge on any atom is -0.494 e. The van der Waals surface area contributed by atoms with Gasteiger partial charge in [0.15, 0.2) is 0 Å². The van der Waals surface area contributed by atoms with Crippen molar-refractivity contribution in [2.45, 2.75) is 83.5 Å². The molecule has 0 spiro atoms. The highest BCUT2D eigenvalue weighted by Gasteiger charge is 2.21. The molecule has 0 amide bonds. The van der Waals surface area contributed by atoms with Crippen molar-refractivity contribution in [1.82, 2.24) is 0 Å². The summed E-state index contributed by atoms with van der Waals surface area (Å²) < 4.78 is 54.5. The van der Waals surface area contributed by atoms with Crippen LogP contribution in [0.3, 0.4) is 0 Å².